The molecule has 1 aliphatic rings. The maximum Gasteiger partial charge on any atom is 0.254 e. The van der Waals surface area contributed by atoms with Crippen LogP contribution in [0.25, 0.3) is 0 Å². The van der Waals surface area contributed by atoms with Gasteiger partial charge in [-0.3, -0.25) is 4.79 Å². The average Bonchev–Trinajstić information content (AvgIpc) is 2.48. The molecule has 1 amide bonds. The van der Waals surface area contributed by atoms with Crippen LogP contribution < -0.4 is 5.32 Å². The third-order valence-corrected chi connectivity index (χ3v) is 3.80. The molecule has 5 heteroatoms. The van der Waals surface area contributed by atoms with Gasteiger partial charge >= 0.3 is 0 Å². The van der Waals surface area contributed by atoms with Crippen molar-refractivity contribution < 1.29 is 4.79 Å². The fraction of sp³-hybridized carbons (Fsp3) is 0.600. The van der Waals surface area contributed by atoms with Crippen molar-refractivity contribution in [1.82, 2.24) is 14.8 Å². The van der Waals surface area contributed by atoms with Crippen LogP contribution in [0, 0.1) is 0 Å². The standard InChI is InChI=1S/C15H24N4O/c1-4-19-9-7-13(8-10-19)17-14-6-5-12(11-16-14)15(20)18(2)3/h5-6,11,13H,4,7-10H2,1-3H3,(H,16,17). The largest absolute Gasteiger partial charge is 0.367 e. The number of nitrogens with zero attached hydrogens (tertiary/aromatic N) is 3. The summed E-state index contributed by atoms with van der Waals surface area (Å²) in [5.41, 5.74) is 0.626. The Kier molecular flexibility index (Phi) is 4.95. The van der Waals surface area contributed by atoms with E-state index in [0.717, 1.165) is 38.3 Å². The van der Waals surface area contributed by atoms with Gasteiger partial charge in [-0.25, -0.2) is 4.98 Å². The van der Waals surface area contributed by atoms with Gasteiger partial charge in [0.1, 0.15) is 5.82 Å². The smallest absolute Gasteiger partial charge is 0.254 e. The van der Waals surface area contributed by atoms with Gasteiger partial charge in [-0.05, 0) is 31.5 Å². The van der Waals surface area contributed by atoms with E-state index < -0.39 is 0 Å². The number of amides is 1. The molecule has 1 saturated heterocycles. The summed E-state index contributed by atoms with van der Waals surface area (Å²) in [6.07, 6.45) is 3.94. The molecule has 0 unspecified atom stereocenters. The predicted molar refractivity (Wildman–Crippen MR) is 81.0 cm³/mol. The van der Waals surface area contributed by atoms with Crippen molar-refractivity contribution in [3.05, 3.63) is 23.9 Å². The van der Waals surface area contributed by atoms with Crippen LogP contribution in [0.1, 0.15) is 30.1 Å². The molecule has 1 aromatic rings. The number of hydrogen-bond acceptors (Lipinski definition) is 4. The average molecular weight is 276 g/mol. The van der Waals surface area contributed by atoms with Crippen LogP contribution in [0.3, 0.4) is 0 Å². The molecule has 2 rings (SSSR count). The van der Waals surface area contributed by atoms with Gasteiger partial charge in [0.25, 0.3) is 5.91 Å². The number of anilines is 1. The number of pyridine rings is 1. The number of hydrogen-bond donors (Lipinski definition) is 1. The second-order valence-electron chi connectivity index (χ2n) is 5.48. The van der Waals surface area contributed by atoms with Gasteiger partial charge < -0.3 is 15.1 Å². The minimum atomic E-state index is -0.0136. The lowest BCUT2D eigenvalue weighted by molar-refractivity contribution is 0.0827. The Morgan fingerprint density at radius 1 is 1.40 bits per heavy atom. The fourth-order valence-electron chi connectivity index (χ4n) is 2.47. The van der Waals surface area contributed by atoms with Gasteiger partial charge in [0.05, 0.1) is 5.56 Å². The van der Waals surface area contributed by atoms with E-state index in [2.05, 4.69) is 22.1 Å². The molecule has 1 aromatic heterocycles. The second-order valence-corrected chi connectivity index (χ2v) is 5.48. The molecular weight excluding hydrogens is 252 g/mol. The van der Waals surface area contributed by atoms with Gasteiger partial charge in [0, 0.05) is 39.4 Å². The molecule has 0 radical (unpaired) electrons. The van der Waals surface area contributed by atoms with E-state index in [9.17, 15) is 4.79 Å². The number of carbonyl (C=O) groups excluding carboxylic acids is 1. The lowest BCUT2D eigenvalue weighted by Crippen LogP contribution is -2.39. The van der Waals surface area contributed by atoms with Crippen molar-refractivity contribution >= 4 is 11.7 Å². The lowest BCUT2D eigenvalue weighted by atomic mass is 10.1. The molecular formula is C15H24N4O. The quantitative estimate of drug-likeness (QED) is 0.909. The maximum atomic E-state index is 11.8. The number of rotatable bonds is 4. The highest BCUT2D eigenvalue weighted by Gasteiger charge is 2.18. The van der Waals surface area contributed by atoms with Crippen LogP contribution in [0.4, 0.5) is 5.82 Å². The molecule has 0 aliphatic carbocycles. The van der Waals surface area contributed by atoms with E-state index in [1.165, 1.54) is 0 Å². The van der Waals surface area contributed by atoms with E-state index >= 15 is 0 Å². The summed E-state index contributed by atoms with van der Waals surface area (Å²) < 4.78 is 0. The summed E-state index contributed by atoms with van der Waals surface area (Å²) in [6.45, 7) is 5.62. The molecule has 5 nitrogen and oxygen atoms in total. The first-order chi connectivity index (χ1) is 9.60. The van der Waals surface area contributed by atoms with Crippen LogP contribution in [0.5, 0.6) is 0 Å². The number of nitrogens with one attached hydrogen (secondary N) is 1. The molecule has 110 valence electrons. The van der Waals surface area contributed by atoms with Crippen molar-refractivity contribution in [2.45, 2.75) is 25.8 Å². The van der Waals surface area contributed by atoms with Gasteiger partial charge in [0.2, 0.25) is 0 Å². The molecule has 2 heterocycles. The predicted octanol–water partition coefficient (Wildman–Crippen LogP) is 1.68. The Balaban J connectivity index is 1.90. The number of piperidine rings is 1. The minimum Gasteiger partial charge on any atom is -0.367 e. The molecule has 0 saturated carbocycles. The van der Waals surface area contributed by atoms with Crippen LogP contribution in [0.2, 0.25) is 0 Å². The van der Waals surface area contributed by atoms with Gasteiger partial charge in [-0.1, -0.05) is 6.92 Å². The second kappa shape index (κ2) is 6.70. The van der Waals surface area contributed by atoms with Crippen LogP contribution in [-0.4, -0.2) is 60.5 Å². The summed E-state index contributed by atoms with van der Waals surface area (Å²) in [6, 6.07) is 4.21. The third-order valence-electron chi connectivity index (χ3n) is 3.80. The van der Waals surface area contributed by atoms with Crippen molar-refractivity contribution in [3.63, 3.8) is 0 Å². The minimum absolute atomic E-state index is 0.0136. The van der Waals surface area contributed by atoms with Crippen LogP contribution >= 0.6 is 0 Å². The molecule has 1 fully saturated rings. The van der Waals surface area contributed by atoms with Crippen LogP contribution in [0.15, 0.2) is 18.3 Å². The normalized spacial score (nSPS) is 16.9. The van der Waals surface area contributed by atoms with Crippen molar-refractivity contribution in [3.8, 4) is 0 Å². The maximum absolute atomic E-state index is 11.8. The number of carbonyl (C=O) groups is 1. The first-order valence-corrected chi connectivity index (χ1v) is 7.26. The van der Waals surface area contributed by atoms with Crippen molar-refractivity contribution in [2.75, 3.05) is 39.0 Å². The monoisotopic (exact) mass is 276 g/mol. The summed E-state index contributed by atoms with van der Waals surface area (Å²) >= 11 is 0. The SMILES string of the molecule is CCN1CCC(Nc2ccc(C(=O)N(C)C)cn2)CC1. The lowest BCUT2D eigenvalue weighted by Gasteiger charge is -2.31. The van der Waals surface area contributed by atoms with E-state index in [4.69, 9.17) is 0 Å². The highest BCUT2D eigenvalue weighted by molar-refractivity contribution is 5.93. The zero-order valence-corrected chi connectivity index (χ0v) is 12.6. The number of likely N-dealkylation sites (tertiary alicyclic amines) is 1. The highest BCUT2D eigenvalue weighted by Crippen LogP contribution is 2.15. The Hall–Kier alpha value is -1.62. The van der Waals surface area contributed by atoms with E-state index in [-0.39, 0.29) is 5.91 Å². The Morgan fingerprint density at radius 2 is 2.10 bits per heavy atom. The Morgan fingerprint density at radius 3 is 2.60 bits per heavy atom. The van der Waals surface area contributed by atoms with Crippen LogP contribution in [-0.2, 0) is 0 Å². The van der Waals surface area contributed by atoms with Gasteiger partial charge in [-0.15, -0.1) is 0 Å². The molecule has 0 bridgehead atoms. The highest BCUT2D eigenvalue weighted by atomic mass is 16.2. The van der Waals surface area contributed by atoms with Crippen molar-refractivity contribution in [1.29, 1.82) is 0 Å². The molecule has 0 spiro atoms. The molecule has 1 aliphatic heterocycles. The topological polar surface area (TPSA) is 48.5 Å². The van der Waals surface area contributed by atoms with Gasteiger partial charge in [-0.2, -0.15) is 0 Å². The summed E-state index contributed by atoms with van der Waals surface area (Å²) in [4.78, 5) is 20.1. The summed E-state index contributed by atoms with van der Waals surface area (Å²) in [5, 5.41) is 3.46. The summed E-state index contributed by atoms with van der Waals surface area (Å²) in [7, 11) is 3.49. The Labute approximate surface area is 121 Å². The Bertz CT molecular complexity index is 436. The third kappa shape index (κ3) is 3.70. The van der Waals surface area contributed by atoms with E-state index in [1.807, 2.05) is 12.1 Å². The van der Waals surface area contributed by atoms with Crippen molar-refractivity contribution in [2.24, 2.45) is 0 Å². The van der Waals surface area contributed by atoms with E-state index in [0.29, 0.717) is 11.6 Å². The fourth-order valence-corrected chi connectivity index (χ4v) is 2.47. The molecule has 0 aromatic carbocycles. The molecule has 0 atom stereocenters. The molecule has 20 heavy (non-hydrogen) atoms. The zero-order chi connectivity index (χ0) is 14.5. The zero-order valence-electron chi connectivity index (χ0n) is 12.6. The van der Waals surface area contributed by atoms with Gasteiger partial charge in [0.15, 0.2) is 0 Å². The first kappa shape index (κ1) is 14.8. The summed E-state index contributed by atoms with van der Waals surface area (Å²) in [5.74, 6) is 0.843. The van der Waals surface area contributed by atoms with E-state index in [1.54, 1.807) is 25.2 Å². The number of aromatic nitrogens is 1. The molecule has 1 N–H and O–H groups in total. The first-order valence-electron chi connectivity index (χ1n) is 7.26.